The van der Waals surface area contributed by atoms with E-state index in [2.05, 4.69) is 10.3 Å². The highest BCUT2D eigenvalue weighted by atomic mass is 16.6. The van der Waals surface area contributed by atoms with Gasteiger partial charge in [0.05, 0.1) is 13.2 Å². The number of aromatic nitrogens is 2. The molecule has 12 heteroatoms. The fourth-order valence-electron chi connectivity index (χ4n) is 2.82. The van der Waals surface area contributed by atoms with Crippen LogP contribution in [0.2, 0.25) is 0 Å². The van der Waals surface area contributed by atoms with Crippen molar-refractivity contribution in [2.45, 2.75) is 45.3 Å². The minimum Gasteiger partial charge on any atom is -0.463 e. The third-order valence-electron chi connectivity index (χ3n) is 3.85. The number of nitrogens with one attached hydrogen (secondary N) is 1. The number of ether oxygens (including phenoxy) is 4. The number of hydrogen-bond acceptors (Lipinski definition) is 10. The summed E-state index contributed by atoms with van der Waals surface area (Å²) in [7, 11) is 0. The average molecular weight is 413 g/mol. The van der Waals surface area contributed by atoms with Gasteiger partial charge in [0.2, 0.25) is 5.91 Å². The van der Waals surface area contributed by atoms with Crippen molar-refractivity contribution in [3.8, 4) is 0 Å². The Morgan fingerprint density at radius 3 is 2.52 bits per heavy atom. The van der Waals surface area contributed by atoms with Gasteiger partial charge in [0.1, 0.15) is 24.6 Å². The number of hydrogen-bond donors (Lipinski definition) is 2. The van der Waals surface area contributed by atoms with Crippen molar-refractivity contribution in [2.24, 2.45) is 0 Å². The van der Waals surface area contributed by atoms with E-state index in [0.29, 0.717) is 0 Å². The Bertz CT molecular complexity index is 810. The number of esters is 2. The maximum Gasteiger partial charge on any atom is 0.351 e. The van der Waals surface area contributed by atoms with Crippen molar-refractivity contribution in [3.63, 3.8) is 0 Å². The van der Waals surface area contributed by atoms with Gasteiger partial charge in [-0.05, 0) is 6.07 Å². The fourth-order valence-corrected chi connectivity index (χ4v) is 2.82. The number of aliphatic hydroxyl groups excluding tert-OH is 1. The highest BCUT2D eigenvalue weighted by Crippen LogP contribution is 2.33. The Kier molecular flexibility index (Phi) is 7.82. The molecule has 1 aliphatic heterocycles. The van der Waals surface area contributed by atoms with Crippen LogP contribution in [0.25, 0.3) is 0 Å². The molecule has 0 aliphatic carbocycles. The van der Waals surface area contributed by atoms with E-state index in [-0.39, 0.29) is 25.6 Å². The van der Waals surface area contributed by atoms with Crippen molar-refractivity contribution in [2.75, 3.05) is 25.1 Å². The second-order valence-corrected chi connectivity index (χ2v) is 6.18. The maximum atomic E-state index is 12.5. The van der Waals surface area contributed by atoms with Crippen LogP contribution >= 0.6 is 0 Å². The molecule has 0 spiro atoms. The van der Waals surface area contributed by atoms with E-state index >= 15 is 0 Å². The number of carbonyl (C=O) groups excluding carboxylic acids is 3. The van der Waals surface area contributed by atoms with Crippen LogP contribution in [0.15, 0.2) is 17.1 Å². The Balaban J connectivity index is 2.36. The third kappa shape index (κ3) is 6.07. The first-order valence-corrected chi connectivity index (χ1v) is 8.78. The zero-order chi connectivity index (χ0) is 21.6. The van der Waals surface area contributed by atoms with E-state index < -0.39 is 48.1 Å². The van der Waals surface area contributed by atoms with Gasteiger partial charge in [0, 0.05) is 27.0 Å². The normalized spacial score (nSPS) is 23.4. The number of nitrogens with zero attached hydrogens (tertiary/aromatic N) is 2. The van der Waals surface area contributed by atoms with Crippen LogP contribution in [-0.2, 0) is 33.3 Å². The van der Waals surface area contributed by atoms with Gasteiger partial charge in [0.25, 0.3) is 0 Å². The van der Waals surface area contributed by atoms with Crippen molar-refractivity contribution in [1.82, 2.24) is 9.55 Å². The van der Waals surface area contributed by atoms with Gasteiger partial charge in [-0.25, -0.2) is 4.79 Å². The maximum absolute atomic E-state index is 12.5. The molecule has 0 bridgehead atoms. The summed E-state index contributed by atoms with van der Waals surface area (Å²) >= 11 is 0. The van der Waals surface area contributed by atoms with Crippen molar-refractivity contribution in [1.29, 1.82) is 0 Å². The topological polar surface area (TPSA) is 155 Å². The summed E-state index contributed by atoms with van der Waals surface area (Å²) in [6.07, 6.45) is -2.67. The molecule has 1 aromatic heterocycles. The lowest BCUT2D eigenvalue weighted by Crippen LogP contribution is -2.41. The van der Waals surface area contributed by atoms with Crippen LogP contribution in [0.3, 0.4) is 0 Å². The first kappa shape index (κ1) is 22.5. The summed E-state index contributed by atoms with van der Waals surface area (Å²) < 4.78 is 22.7. The zero-order valence-corrected chi connectivity index (χ0v) is 16.2. The lowest BCUT2D eigenvalue weighted by molar-refractivity contribution is -0.159. The van der Waals surface area contributed by atoms with Crippen LogP contribution in [0.5, 0.6) is 0 Å². The van der Waals surface area contributed by atoms with Crippen molar-refractivity contribution >= 4 is 23.7 Å². The predicted octanol–water partition coefficient (Wildman–Crippen LogP) is -1.03. The van der Waals surface area contributed by atoms with Gasteiger partial charge in [-0.2, -0.15) is 4.98 Å². The van der Waals surface area contributed by atoms with E-state index in [1.54, 1.807) is 0 Å². The molecule has 2 heterocycles. The van der Waals surface area contributed by atoms with Crippen LogP contribution in [-0.4, -0.2) is 70.6 Å². The van der Waals surface area contributed by atoms with Gasteiger partial charge in [-0.3, -0.25) is 19.0 Å². The average Bonchev–Trinajstić information content (AvgIpc) is 2.94. The quantitative estimate of drug-likeness (QED) is 0.505. The first-order valence-electron chi connectivity index (χ1n) is 8.78. The molecule has 0 saturated carbocycles. The van der Waals surface area contributed by atoms with E-state index in [9.17, 15) is 19.2 Å². The Morgan fingerprint density at radius 1 is 1.24 bits per heavy atom. The summed E-state index contributed by atoms with van der Waals surface area (Å²) in [5.74, 6) is -1.54. The smallest absolute Gasteiger partial charge is 0.351 e. The van der Waals surface area contributed by atoms with Crippen molar-refractivity contribution < 1.29 is 38.4 Å². The summed E-state index contributed by atoms with van der Waals surface area (Å²) in [6, 6.07) is 1.38. The second kappa shape index (κ2) is 10.1. The molecular formula is C17H23N3O9. The zero-order valence-electron chi connectivity index (χ0n) is 16.2. The molecule has 2 rings (SSSR count). The number of anilines is 1. The molecule has 0 unspecified atom stereocenters. The van der Waals surface area contributed by atoms with Gasteiger partial charge < -0.3 is 29.4 Å². The molecule has 1 amide bonds. The SMILES string of the molecule is CC(=O)Nc1ccn([C@@H]2O[C@H](COC(C)=O)[C@@H](OC(C)=O)[C@H]2OCCO)c(=O)n1. The molecule has 1 fully saturated rings. The fraction of sp³-hybridized carbons (Fsp3) is 0.588. The largest absolute Gasteiger partial charge is 0.463 e. The molecule has 160 valence electrons. The van der Waals surface area contributed by atoms with Gasteiger partial charge in [-0.15, -0.1) is 0 Å². The number of aliphatic hydroxyl groups is 1. The Labute approximate surface area is 165 Å². The van der Waals surface area contributed by atoms with Crippen molar-refractivity contribution in [3.05, 3.63) is 22.7 Å². The molecule has 1 saturated heterocycles. The summed E-state index contributed by atoms with van der Waals surface area (Å²) in [5.41, 5.74) is -0.756. The van der Waals surface area contributed by atoms with Gasteiger partial charge in [0.15, 0.2) is 12.3 Å². The third-order valence-corrected chi connectivity index (χ3v) is 3.85. The lowest BCUT2D eigenvalue weighted by atomic mass is 10.1. The lowest BCUT2D eigenvalue weighted by Gasteiger charge is -2.24. The molecule has 1 aliphatic rings. The van der Waals surface area contributed by atoms with E-state index in [4.69, 9.17) is 24.1 Å². The highest BCUT2D eigenvalue weighted by Gasteiger charge is 2.49. The van der Waals surface area contributed by atoms with E-state index in [0.717, 1.165) is 4.57 Å². The number of rotatable bonds is 8. The van der Waals surface area contributed by atoms with Crippen LogP contribution in [0, 0.1) is 0 Å². The number of carbonyl (C=O) groups is 3. The summed E-state index contributed by atoms with van der Waals surface area (Å²) in [6.45, 7) is 3.00. The molecule has 12 nitrogen and oxygen atoms in total. The van der Waals surface area contributed by atoms with E-state index in [1.807, 2.05) is 0 Å². The summed E-state index contributed by atoms with van der Waals surface area (Å²) in [4.78, 5) is 50.1. The molecule has 29 heavy (non-hydrogen) atoms. The van der Waals surface area contributed by atoms with Gasteiger partial charge >= 0.3 is 17.6 Å². The van der Waals surface area contributed by atoms with Crippen LogP contribution in [0.1, 0.15) is 27.0 Å². The minimum absolute atomic E-state index is 0.0533. The summed E-state index contributed by atoms with van der Waals surface area (Å²) in [5, 5.41) is 11.5. The molecule has 0 aromatic carbocycles. The molecular weight excluding hydrogens is 390 g/mol. The standard InChI is InChI=1S/C17H23N3O9/c1-9(22)18-13-4-5-20(17(25)19-13)16-15(26-7-6-21)14(28-11(3)24)12(29-16)8-27-10(2)23/h4-5,12,14-16,21H,6-8H2,1-3H3,(H,18,19,22,25)/t12-,14-,15-,16-/m1/s1. The Hall–Kier alpha value is -2.83. The van der Waals surface area contributed by atoms with Gasteiger partial charge in [-0.1, -0.05) is 0 Å². The molecule has 1 aromatic rings. The first-order chi connectivity index (χ1) is 13.7. The second-order valence-electron chi connectivity index (χ2n) is 6.18. The highest BCUT2D eigenvalue weighted by molar-refractivity contribution is 5.87. The van der Waals surface area contributed by atoms with Crippen LogP contribution < -0.4 is 11.0 Å². The number of amides is 1. The Morgan fingerprint density at radius 2 is 1.97 bits per heavy atom. The minimum atomic E-state index is -1.09. The van der Waals surface area contributed by atoms with E-state index in [1.165, 1.54) is 33.0 Å². The monoisotopic (exact) mass is 413 g/mol. The predicted molar refractivity (Wildman–Crippen MR) is 95.7 cm³/mol. The molecule has 4 atom stereocenters. The molecule has 0 radical (unpaired) electrons. The van der Waals surface area contributed by atoms with Crippen LogP contribution in [0.4, 0.5) is 5.82 Å². The molecule has 2 N–H and O–H groups in total.